The highest BCUT2D eigenvalue weighted by Crippen LogP contribution is 2.32. The van der Waals surface area contributed by atoms with Crippen LogP contribution in [0.3, 0.4) is 0 Å². The van der Waals surface area contributed by atoms with Gasteiger partial charge in [-0.2, -0.15) is 5.10 Å². The molecular weight excluding hydrogens is 424 g/mol. The van der Waals surface area contributed by atoms with Crippen molar-refractivity contribution in [3.63, 3.8) is 0 Å². The normalized spacial score (nSPS) is 15.6. The highest BCUT2D eigenvalue weighted by molar-refractivity contribution is 7.99. The van der Waals surface area contributed by atoms with Crippen molar-refractivity contribution in [2.24, 2.45) is 4.99 Å². The van der Waals surface area contributed by atoms with E-state index in [0.29, 0.717) is 23.2 Å². The summed E-state index contributed by atoms with van der Waals surface area (Å²) >= 11 is 1.47. The molecule has 0 saturated carbocycles. The number of rotatable bonds is 8. The third-order valence-electron chi connectivity index (χ3n) is 5.00. The number of aromatic nitrogens is 4. The van der Waals surface area contributed by atoms with Crippen LogP contribution >= 0.6 is 11.8 Å². The Bertz CT molecular complexity index is 1110. The molecule has 1 aromatic carbocycles. The van der Waals surface area contributed by atoms with Crippen molar-refractivity contribution in [1.82, 2.24) is 20.2 Å². The average molecular weight is 451 g/mol. The largest absolute Gasteiger partial charge is 0.348 e. The van der Waals surface area contributed by atoms with E-state index in [-0.39, 0.29) is 11.9 Å². The maximum atomic E-state index is 11.6. The van der Waals surface area contributed by atoms with Gasteiger partial charge in [0.15, 0.2) is 11.0 Å². The molecule has 1 saturated heterocycles. The molecule has 4 rings (SSSR count). The van der Waals surface area contributed by atoms with Crippen molar-refractivity contribution in [2.75, 3.05) is 29.1 Å². The molecule has 32 heavy (non-hydrogen) atoms. The van der Waals surface area contributed by atoms with Crippen molar-refractivity contribution in [2.45, 2.75) is 42.8 Å². The molecule has 1 aliphatic rings. The number of carbonyl (C=O) groups excluding carboxylic acids is 1. The van der Waals surface area contributed by atoms with Gasteiger partial charge in [0.25, 0.3) is 0 Å². The number of aryl methyl sites for hydroxylation is 1. The van der Waals surface area contributed by atoms with Gasteiger partial charge in [-0.25, -0.2) is 9.97 Å². The number of hydrogen-bond donors (Lipinski definition) is 3. The number of amides is 1. The van der Waals surface area contributed by atoms with E-state index in [1.165, 1.54) is 11.8 Å². The third-order valence-corrected chi connectivity index (χ3v) is 5.88. The summed E-state index contributed by atoms with van der Waals surface area (Å²) in [6, 6.07) is 11.8. The number of anilines is 4. The molecule has 1 fully saturated rings. The maximum absolute atomic E-state index is 11.6. The Kier molecular flexibility index (Phi) is 6.69. The van der Waals surface area contributed by atoms with Crippen molar-refractivity contribution in [1.29, 1.82) is 0 Å². The molecule has 1 amide bonds. The van der Waals surface area contributed by atoms with Gasteiger partial charge < -0.3 is 15.5 Å². The first kappa shape index (κ1) is 21.8. The summed E-state index contributed by atoms with van der Waals surface area (Å²) in [4.78, 5) is 28.4. The fourth-order valence-corrected chi connectivity index (χ4v) is 4.03. The number of benzene rings is 1. The highest BCUT2D eigenvalue weighted by Gasteiger charge is 2.28. The van der Waals surface area contributed by atoms with Gasteiger partial charge in [-0.1, -0.05) is 6.92 Å². The molecule has 0 radical (unpaired) electrons. The molecule has 0 aliphatic carbocycles. The summed E-state index contributed by atoms with van der Waals surface area (Å²) in [5.41, 5.74) is 1.74. The third kappa shape index (κ3) is 5.25. The minimum Gasteiger partial charge on any atom is -0.348 e. The summed E-state index contributed by atoms with van der Waals surface area (Å²) in [7, 11) is 1.79. The highest BCUT2D eigenvalue weighted by atomic mass is 32.2. The van der Waals surface area contributed by atoms with E-state index in [4.69, 9.17) is 4.98 Å². The second-order valence-electron chi connectivity index (χ2n) is 7.44. The van der Waals surface area contributed by atoms with E-state index in [1.807, 2.05) is 56.5 Å². The molecule has 9 nitrogen and oxygen atoms in total. The number of aromatic amines is 1. The van der Waals surface area contributed by atoms with Crippen LogP contribution in [-0.4, -0.2) is 51.9 Å². The number of nitrogens with one attached hydrogen (secondary N) is 3. The summed E-state index contributed by atoms with van der Waals surface area (Å²) in [6.45, 7) is 4.70. The van der Waals surface area contributed by atoms with Gasteiger partial charge >= 0.3 is 0 Å². The number of hydrogen-bond acceptors (Lipinski definition) is 8. The molecule has 0 spiro atoms. The number of aliphatic imine (C=N–C) groups is 1. The minimum atomic E-state index is -0.00882. The molecule has 3 N–H and O–H groups in total. The Morgan fingerprint density at radius 2 is 2.09 bits per heavy atom. The monoisotopic (exact) mass is 450 g/mol. The Morgan fingerprint density at radius 1 is 1.28 bits per heavy atom. The van der Waals surface area contributed by atoms with Gasteiger partial charge in [-0.05, 0) is 49.4 Å². The van der Waals surface area contributed by atoms with E-state index in [2.05, 4.69) is 35.7 Å². The van der Waals surface area contributed by atoms with Crippen LogP contribution in [0, 0.1) is 6.92 Å². The van der Waals surface area contributed by atoms with Crippen molar-refractivity contribution in [3.05, 3.63) is 42.1 Å². The van der Waals surface area contributed by atoms with Gasteiger partial charge in [0.1, 0.15) is 11.6 Å². The lowest BCUT2D eigenvalue weighted by Crippen LogP contribution is -2.49. The summed E-state index contributed by atoms with van der Waals surface area (Å²) in [6.07, 6.45) is 3.45. The van der Waals surface area contributed by atoms with Gasteiger partial charge in [-0.15, -0.1) is 0 Å². The number of nitrogens with zero attached hydrogens (tertiary/aromatic N) is 5. The molecule has 1 aliphatic heterocycles. The van der Waals surface area contributed by atoms with Crippen molar-refractivity contribution >= 4 is 47.0 Å². The van der Waals surface area contributed by atoms with Crippen LogP contribution in [0.25, 0.3) is 0 Å². The Labute approximate surface area is 191 Å². The molecular formula is C22H26N8OS. The van der Waals surface area contributed by atoms with Crippen LogP contribution in [0.1, 0.15) is 25.5 Å². The van der Waals surface area contributed by atoms with Crippen LogP contribution in [-0.2, 0) is 4.79 Å². The molecule has 1 unspecified atom stereocenters. The lowest BCUT2D eigenvalue weighted by atomic mass is 10.0. The van der Waals surface area contributed by atoms with Gasteiger partial charge in [0.2, 0.25) is 5.91 Å². The second kappa shape index (κ2) is 9.82. The van der Waals surface area contributed by atoms with Gasteiger partial charge in [-0.3, -0.25) is 14.9 Å². The Hall–Kier alpha value is -3.40. The van der Waals surface area contributed by atoms with Crippen LogP contribution in [0.5, 0.6) is 0 Å². The zero-order chi connectivity index (χ0) is 22.5. The van der Waals surface area contributed by atoms with E-state index >= 15 is 0 Å². The SMILES string of the molecule is CCC(=O)Nc1ccc(Sc2nc(Nc3cc(C)[nH]n3)cc(N3CCC3C=NC)n2)cc1. The van der Waals surface area contributed by atoms with Crippen molar-refractivity contribution < 1.29 is 4.79 Å². The quantitative estimate of drug-likeness (QED) is 0.351. The first-order chi connectivity index (χ1) is 15.5. The molecule has 2 aromatic heterocycles. The summed E-state index contributed by atoms with van der Waals surface area (Å²) in [5, 5.41) is 13.9. The smallest absolute Gasteiger partial charge is 0.224 e. The lowest BCUT2D eigenvalue weighted by Gasteiger charge is -2.39. The van der Waals surface area contributed by atoms with E-state index in [1.54, 1.807) is 7.05 Å². The zero-order valence-corrected chi connectivity index (χ0v) is 19.1. The van der Waals surface area contributed by atoms with E-state index in [9.17, 15) is 4.79 Å². The van der Waals surface area contributed by atoms with E-state index < -0.39 is 0 Å². The molecule has 3 heterocycles. The predicted octanol–water partition coefficient (Wildman–Crippen LogP) is 4.03. The van der Waals surface area contributed by atoms with E-state index in [0.717, 1.165) is 35.1 Å². The lowest BCUT2D eigenvalue weighted by molar-refractivity contribution is -0.115. The summed E-state index contributed by atoms with van der Waals surface area (Å²) in [5.74, 6) is 2.22. The predicted molar refractivity (Wildman–Crippen MR) is 128 cm³/mol. The fourth-order valence-electron chi connectivity index (χ4n) is 3.26. The first-order valence-corrected chi connectivity index (χ1v) is 11.3. The number of carbonyl (C=O) groups is 1. The minimum absolute atomic E-state index is 0.00882. The standard InChI is InChI=1S/C22H26N8OS/c1-4-21(31)24-15-5-7-17(8-6-15)32-22-26-18(25-19-11-14(2)28-29-19)12-20(27-22)30-10-9-16(30)13-23-3/h5-8,11-13,16H,4,9-10H2,1-3H3,(H,24,31)(H2,25,26,27,28,29). The van der Waals surface area contributed by atoms with Crippen molar-refractivity contribution in [3.8, 4) is 0 Å². The first-order valence-electron chi connectivity index (χ1n) is 10.5. The average Bonchev–Trinajstić information content (AvgIpc) is 3.16. The maximum Gasteiger partial charge on any atom is 0.224 e. The van der Waals surface area contributed by atoms with Gasteiger partial charge in [0.05, 0.1) is 6.04 Å². The van der Waals surface area contributed by atoms with Crippen LogP contribution in [0.15, 0.2) is 51.4 Å². The fraction of sp³-hybridized carbons (Fsp3) is 0.318. The summed E-state index contributed by atoms with van der Waals surface area (Å²) < 4.78 is 0. The molecule has 10 heteroatoms. The van der Waals surface area contributed by atoms with Gasteiger partial charge in [0, 0.05) is 54.6 Å². The topological polar surface area (TPSA) is 111 Å². The zero-order valence-electron chi connectivity index (χ0n) is 18.3. The molecule has 1 atom stereocenters. The molecule has 3 aromatic rings. The van der Waals surface area contributed by atoms with Crippen LogP contribution in [0.2, 0.25) is 0 Å². The second-order valence-corrected chi connectivity index (χ2v) is 8.48. The molecule has 0 bridgehead atoms. The van der Waals surface area contributed by atoms with Crippen LogP contribution in [0.4, 0.5) is 23.1 Å². The Balaban J connectivity index is 1.57. The van der Waals surface area contributed by atoms with Crippen LogP contribution < -0.4 is 15.5 Å². The Morgan fingerprint density at radius 3 is 2.72 bits per heavy atom. The molecule has 166 valence electrons. The number of H-pyrrole nitrogens is 1.